The molecule has 1 N–H and O–H groups in total. The molecule has 1 atom stereocenters. The third-order valence-corrected chi connectivity index (χ3v) is 6.86. The van der Waals surface area contributed by atoms with Crippen LogP contribution in [0.3, 0.4) is 0 Å². The van der Waals surface area contributed by atoms with Gasteiger partial charge in [-0.1, -0.05) is 12.1 Å². The predicted octanol–water partition coefficient (Wildman–Crippen LogP) is 5.34. The average molecular weight is 487 g/mol. The fourth-order valence-electron chi connectivity index (χ4n) is 5.18. The monoisotopic (exact) mass is 486 g/mol. The van der Waals surface area contributed by atoms with Crippen molar-refractivity contribution in [1.29, 1.82) is 0 Å². The third-order valence-electron chi connectivity index (χ3n) is 6.86. The van der Waals surface area contributed by atoms with E-state index >= 15 is 0 Å². The van der Waals surface area contributed by atoms with Gasteiger partial charge in [0.15, 0.2) is 0 Å². The SMILES string of the molecule is Cl.O=c1cc(-c2ccc(C(F)(F)F)nc2)ccn1-c1ccc2c3c([nH]c2c1)CC1CCCN1C3. The van der Waals surface area contributed by atoms with Crippen LogP contribution < -0.4 is 5.56 Å². The van der Waals surface area contributed by atoms with Gasteiger partial charge < -0.3 is 4.98 Å². The Balaban J connectivity index is 0.00000241. The summed E-state index contributed by atoms with van der Waals surface area (Å²) in [6.45, 7) is 2.13. The van der Waals surface area contributed by atoms with Gasteiger partial charge in [-0.3, -0.25) is 19.2 Å². The number of nitrogens with zero attached hydrogens (tertiary/aromatic N) is 3. The molecule has 2 aliphatic rings. The molecule has 4 aromatic rings. The minimum atomic E-state index is -4.49. The highest BCUT2D eigenvalue weighted by molar-refractivity contribution is 5.86. The highest BCUT2D eigenvalue weighted by atomic mass is 35.5. The van der Waals surface area contributed by atoms with Crippen molar-refractivity contribution in [3.05, 3.63) is 82.2 Å². The van der Waals surface area contributed by atoms with E-state index in [0.29, 0.717) is 17.2 Å². The first kappa shape index (κ1) is 22.7. The molecule has 1 aromatic carbocycles. The van der Waals surface area contributed by atoms with Crippen molar-refractivity contribution in [3.8, 4) is 16.8 Å². The molecular formula is C25H22ClF3N4O. The van der Waals surface area contributed by atoms with Gasteiger partial charge in [0, 0.05) is 59.6 Å². The van der Waals surface area contributed by atoms with Gasteiger partial charge in [0.25, 0.3) is 5.56 Å². The van der Waals surface area contributed by atoms with Gasteiger partial charge in [-0.25, -0.2) is 0 Å². The second-order valence-electron chi connectivity index (χ2n) is 8.84. The first-order valence-electron chi connectivity index (χ1n) is 11.0. The van der Waals surface area contributed by atoms with E-state index in [1.807, 2.05) is 12.1 Å². The number of H-pyrrole nitrogens is 1. The Hall–Kier alpha value is -3.10. The second-order valence-corrected chi connectivity index (χ2v) is 8.84. The van der Waals surface area contributed by atoms with Crippen LogP contribution in [0.1, 0.15) is 29.8 Å². The molecule has 1 saturated heterocycles. The molecule has 0 amide bonds. The molecule has 0 radical (unpaired) electrons. The molecule has 3 aromatic heterocycles. The fourth-order valence-corrected chi connectivity index (χ4v) is 5.18. The molecule has 1 fully saturated rings. The van der Waals surface area contributed by atoms with E-state index < -0.39 is 11.9 Å². The zero-order valence-corrected chi connectivity index (χ0v) is 18.9. The van der Waals surface area contributed by atoms with E-state index in [4.69, 9.17) is 0 Å². The van der Waals surface area contributed by atoms with Crippen LogP contribution in [0.25, 0.3) is 27.7 Å². The topological polar surface area (TPSA) is 53.9 Å². The number of rotatable bonds is 2. The zero-order chi connectivity index (χ0) is 22.7. The van der Waals surface area contributed by atoms with E-state index in [1.165, 1.54) is 41.6 Å². The van der Waals surface area contributed by atoms with Crippen LogP contribution in [0.4, 0.5) is 13.2 Å². The largest absolute Gasteiger partial charge is 0.433 e. The Labute approximate surface area is 199 Å². The molecule has 0 spiro atoms. The summed E-state index contributed by atoms with van der Waals surface area (Å²) in [5.41, 5.74) is 4.17. The number of aromatic nitrogens is 3. The number of aromatic amines is 1. The molecule has 0 aliphatic carbocycles. The molecule has 6 rings (SSSR count). The summed E-state index contributed by atoms with van der Waals surface area (Å²) in [4.78, 5) is 22.5. The Morgan fingerprint density at radius 3 is 2.65 bits per heavy atom. The van der Waals surface area contributed by atoms with E-state index in [9.17, 15) is 18.0 Å². The molecule has 2 aliphatic heterocycles. The number of hydrogen-bond donors (Lipinski definition) is 1. The standard InChI is InChI=1S/C25H21F3N4O.ClH/c26-25(27,28)23-6-3-16(13-29-23)15-7-9-32(24(33)10-15)18-4-5-19-20-14-31-8-1-2-17(31)11-22(20)30-21(19)12-18;/h3-7,9-10,12-13,17,30H,1-2,8,11,14H2;1H. The lowest BCUT2D eigenvalue weighted by Crippen LogP contribution is -2.34. The van der Waals surface area contributed by atoms with Crippen LogP contribution in [0.2, 0.25) is 0 Å². The van der Waals surface area contributed by atoms with Gasteiger partial charge in [-0.15, -0.1) is 12.4 Å². The first-order valence-corrected chi connectivity index (χ1v) is 11.0. The molecule has 0 bridgehead atoms. The highest BCUT2D eigenvalue weighted by Crippen LogP contribution is 2.35. The van der Waals surface area contributed by atoms with E-state index in [2.05, 4.69) is 20.9 Å². The van der Waals surface area contributed by atoms with Crippen molar-refractivity contribution in [2.45, 2.75) is 38.0 Å². The van der Waals surface area contributed by atoms with Crippen molar-refractivity contribution < 1.29 is 13.2 Å². The summed E-state index contributed by atoms with van der Waals surface area (Å²) in [5, 5.41) is 1.19. The summed E-state index contributed by atoms with van der Waals surface area (Å²) < 4.78 is 39.8. The number of benzene rings is 1. The number of pyridine rings is 2. The minimum Gasteiger partial charge on any atom is -0.358 e. The van der Waals surface area contributed by atoms with Crippen LogP contribution in [-0.2, 0) is 19.1 Å². The van der Waals surface area contributed by atoms with Crippen LogP contribution >= 0.6 is 12.4 Å². The molecule has 0 saturated carbocycles. The number of fused-ring (bicyclic) bond motifs is 4. The quantitative estimate of drug-likeness (QED) is 0.416. The minimum absolute atomic E-state index is 0. The number of alkyl halides is 3. The molecular weight excluding hydrogens is 465 g/mol. The van der Waals surface area contributed by atoms with Gasteiger partial charge in [0.05, 0.1) is 5.69 Å². The van der Waals surface area contributed by atoms with Crippen molar-refractivity contribution in [2.75, 3.05) is 6.54 Å². The normalized spacial score (nSPS) is 17.9. The van der Waals surface area contributed by atoms with Gasteiger partial charge >= 0.3 is 6.18 Å². The Morgan fingerprint density at radius 1 is 1.06 bits per heavy atom. The van der Waals surface area contributed by atoms with Gasteiger partial charge in [-0.05, 0) is 54.8 Å². The van der Waals surface area contributed by atoms with Crippen LogP contribution in [0.5, 0.6) is 0 Å². The Morgan fingerprint density at radius 2 is 1.91 bits per heavy atom. The molecule has 34 heavy (non-hydrogen) atoms. The first-order chi connectivity index (χ1) is 15.9. The molecule has 1 unspecified atom stereocenters. The van der Waals surface area contributed by atoms with Crippen molar-refractivity contribution in [1.82, 2.24) is 19.4 Å². The second kappa shape index (κ2) is 8.29. The van der Waals surface area contributed by atoms with Gasteiger partial charge in [0.2, 0.25) is 0 Å². The summed E-state index contributed by atoms with van der Waals surface area (Å²) in [6.07, 6.45) is 1.84. The van der Waals surface area contributed by atoms with Crippen molar-refractivity contribution >= 4 is 23.3 Å². The number of halogens is 4. The number of hydrogen-bond acceptors (Lipinski definition) is 3. The zero-order valence-electron chi connectivity index (χ0n) is 18.1. The lowest BCUT2D eigenvalue weighted by molar-refractivity contribution is -0.141. The van der Waals surface area contributed by atoms with Gasteiger partial charge in [0.1, 0.15) is 5.69 Å². The fraction of sp³-hybridized carbons (Fsp3) is 0.280. The highest BCUT2D eigenvalue weighted by Gasteiger charge is 2.33. The lowest BCUT2D eigenvalue weighted by atomic mass is 9.99. The van der Waals surface area contributed by atoms with Crippen LogP contribution in [0, 0.1) is 0 Å². The van der Waals surface area contributed by atoms with E-state index in [-0.39, 0.29) is 18.0 Å². The van der Waals surface area contributed by atoms with E-state index in [0.717, 1.165) is 43.0 Å². The molecule has 176 valence electrons. The van der Waals surface area contributed by atoms with Crippen molar-refractivity contribution in [2.24, 2.45) is 0 Å². The summed E-state index contributed by atoms with van der Waals surface area (Å²) in [7, 11) is 0. The maximum atomic E-state index is 12.8. The third kappa shape index (κ3) is 3.80. The predicted molar refractivity (Wildman–Crippen MR) is 127 cm³/mol. The smallest absolute Gasteiger partial charge is 0.358 e. The summed E-state index contributed by atoms with van der Waals surface area (Å²) >= 11 is 0. The number of nitrogens with one attached hydrogen (secondary N) is 1. The van der Waals surface area contributed by atoms with Gasteiger partial charge in [-0.2, -0.15) is 13.2 Å². The Bertz CT molecular complexity index is 1430. The lowest BCUT2D eigenvalue weighted by Gasteiger charge is -2.29. The van der Waals surface area contributed by atoms with Crippen LogP contribution in [0.15, 0.2) is 59.7 Å². The molecule has 5 nitrogen and oxygen atoms in total. The molecule has 5 heterocycles. The maximum absolute atomic E-state index is 12.8. The average Bonchev–Trinajstić information content (AvgIpc) is 3.39. The summed E-state index contributed by atoms with van der Waals surface area (Å²) in [6, 6.07) is 12.0. The van der Waals surface area contributed by atoms with Crippen LogP contribution in [-0.4, -0.2) is 32.0 Å². The van der Waals surface area contributed by atoms with E-state index in [1.54, 1.807) is 16.8 Å². The van der Waals surface area contributed by atoms with Crippen molar-refractivity contribution in [3.63, 3.8) is 0 Å². The molecule has 9 heteroatoms. The summed E-state index contributed by atoms with van der Waals surface area (Å²) in [5.74, 6) is 0. The Kier molecular flexibility index (Phi) is 5.53. The maximum Gasteiger partial charge on any atom is 0.433 e.